The van der Waals surface area contributed by atoms with Crippen molar-refractivity contribution in [2.45, 2.75) is 19.1 Å². The molecule has 3 rings (SSSR count). The Hall–Kier alpha value is -1.89. The molecule has 1 aromatic heterocycles. The van der Waals surface area contributed by atoms with E-state index in [1.807, 2.05) is 43.3 Å². The standard InChI is InChI=1S/C17H22N2O4/c1-14-9-15(18-23-14)10-19-7-8-21-12-17(20,11-19)13-22-16-5-3-2-4-6-16/h2-6,9,20H,7-8,10-13H2,1H3/t17-/m1/s1. The van der Waals surface area contributed by atoms with Crippen molar-refractivity contribution in [2.75, 3.05) is 32.9 Å². The molecule has 1 saturated heterocycles. The molecule has 2 heterocycles. The quantitative estimate of drug-likeness (QED) is 0.904. The summed E-state index contributed by atoms with van der Waals surface area (Å²) < 4.78 is 16.4. The van der Waals surface area contributed by atoms with Gasteiger partial charge in [0.15, 0.2) is 0 Å². The summed E-state index contributed by atoms with van der Waals surface area (Å²) in [6, 6.07) is 11.4. The molecule has 124 valence electrons. The molecule has 23 heavy (non-hydrogen) atoms. The fourth-order valence-corrected chi connectivity index (χ4v) is 2.67. The van der Waals surface area contributed by atoms with Gasteiger partial charge in [0.25, 0.3) is 0 Å². The van der Waals surface area contributed by atoms with E-state index in [-0.39, 0.29) is 13.2 Å². The Morgan fingerprint density at radius 3 is 2.91 bits per heavy atom. The molecule has 0 unspecified atom stereocenters. The van der Waals surface area contributed by atoms with Gasteiger partial charge in [0.2, 0.25) is 0 Å². The van der Waals surface area contributed by atoms with Crippen molar-refractivity contribution in [1.82, 2.24) is 10.1 Å². The minimum Gasteiger partial charge on any atom is -0.490 e. The molecule has 0 saturated carbocycles. The van der Waals surface area contributed by atoms with Crippen molar-refractivity contribution in [3.63, 3.8) is 0 Å². The highest BCUT2D eigenvalue weighted by Gasteiger charge is 2.33. The van der Waals surface area contributed by atoms with Gasteiger partial charge in [-0.1, -0.05) is 23.4 Å². The van der Waals surface area contributed by atoms with Crippen LogP contribution < -0.4 is 4.74 Å². The van der Waals surface area contributed by atoms with Gasteiger partial charge in [-0.05, 0) is 19.1 Å². The topological polar surface area (TPSA) is 68.0 Å². The normalized spacial score (nSPS) is 22.7. The molecule has 6 nitrogen and oxygen atoms in total. The van der Waals surface area contributed by atoms with Crippen molar-refractivity contribution >= 4 is 0 Å². The molecule has 1 aliphatic rings. The molecule has 2 aromatic rings. The van der Waals surface area contributed by atoms with Crippen LogP contribution in [-0.2, 0) is 11.3 Å². The van der Waals surface area contributed by atoms with Crippen LogP contribution in [0, 0.1) is 6.92 Å². The lowest BCUT2D eigenvalue weighted by Gasteiger charge is -2.30. The molecular formula is C17H22N2O4. The maximum Gasteiger partial charge on any atom is 0.134 e. The summed E-state index contributed by atoms with van der Waals surface area (Å²) in [7, 11) is 0. The molecule has 1 N–H and O–H groups in total. The van der Waals surface area contributed by atoms with Gasteiger partial charge < -0.3 is 19.1 Å². The Balaban J connectivity index is 1.61. The summed E-state index contributed by atoms with van der Waals surface area (Å²) >= 11 is 0. The third-order valence-corrected chi connectivity index (χ3v) is 3.75. The lowest BCUT2D eigenvalue weighted by molar-refractivity contribution is -0.0647. The number of aryl methyl sites for hydroxylation is 1. The molecular weight excluding hydrogens is 296 g/mol. The SMILES string of the molecule is Cc1cc(CN2CCOC[C@@](O)(COc3ccccc3)C2)no1. The van der Waals surface area contributed by atoms with Crippen molar-refractivity contribution in [3.8, 4) is 5.75 Å². The predicted octanol–water partition coefficient (Wildman–Crippen LogP) is 1.63. The van der Waals surface area contributed by atoms with Crippen LogP contribution in [-0.4, -0.2) is 53.7 Å². The van der Waals surface area contributed by atoms with Gasteiger partial charge in [0.05, 0.1) is 18.9 Å². The van der Waals surface area contributed by atoms with E-state index in [1.165, 1.54) is 0 Å². The van der Waals surface area contributed by atoms with E-state index in [2.05, 4.69) is 10.1 Å². The largest absolute Gasteiger partial charge is 0.490 e. The summed E-state index contributed by atoms with van der Waals surface area (Å²) in [6.07, 6.45) is 0. The number of aromatic nitrogens is 1. The zero-order valence-corrected chi connectivity index (χ0v) is 13.3. The number of para-hydroxylation sites is 1. The molecule has 0 spiro atoms. The Morgan fingerprint density at radius 2 is 2.17 bits per heavy atom. The Kier molecular flexibility index (Phi) is 4.95. The summed E-state index contributed by atoms with van der Waals surface area (Å²) in [4.78, 5) is 2.11. The number of nitrogens with zero attached hydrogens (tertiary/aromatic N) is 2. The Labute approximate surface area is 135 Å². The molecule has 1 aromatic carbocycles. The first kappa shape index (κ1) is 16.0. The van der Waals surface area contributed by atoms with Crippen LogP contribution in [0.4, 0.5) is 0 Å². The third-order valence-electron chi connectivity index (χ3n) is 3.75. The van der Waals surface area contributed by atoms with E-state index < -0.39 is 5.60 Å². The van der Waals surface area contributed by atoms with Crippen LogP contribution in [0.5, 0.6) is 5.75 Å². The van der Waals surface area contributed by atoms with E-state index >= 15 is 0 Å². The second kappa shape index (κ2) is 7.12. The van der Waals surface area contributed by atoms with Crippen LogP contribution in [0.15, 0.2) is 40.9 Å². The van der Waals surface area contributed by atoms with Gasteiger partial charge in [-0.25, -0.2) is 0 Å². The molecule has 0 aliphatic carbocycles. The monoisotopic (exact) mass is 318 g/mol. The van der Waals surface area contributed by atoms with Crippen molar-refractivity contribution in [1.29, 1.82) is 0 Å². The molecule has 1 atom stereocenters. The summed E-state index contributed by atoms with van der Waals surface area (Å²) in [5.74, 6) is 1.53. The first-order valence-corrected chi connectivity index (χ1v) is 7.75. The Bertz CT molecular complexity index is 616. The van der Waals surface area contributed by atoms with Gasteiger partial charge in [0, 0.05) is 25.7 Å². The van der Waals surface area contributed by atoms with Crippen molar-refractivity contribution in [3.05, 3.63) is 47.9 Å². The number of aliphatic hydroxyl groups is 1. The van der Waals surface area contributed by atoms with E-state index in [9.17, 15) is 5.11 Å². The van der Waals surface area contributed by atoms with Crippen LogP contribution in [0.25, 0.3) is 0 Å². The van der Waals surface area contributed by atoms with Gasteiger partial charge in [0.1, 0.15) is 23.7 Å². The van der Waals surface area contributed by atoms with Gasteiger partial charge >= 0.3 is 0 Å². The maximum absolute atomic E-state index is 10.8. The number of ether oxygens (including phenoxy) is 2. The third kappa shape index (κ3) is 4.54. The molecule has 1 aliphatic heterocycles. The number of hydrogen-bond donors (Lipinski definition) is 1. The molecule has 1 fully saturated rings. The minimum absolute atomic E-state index is 0.186. The molecule has 6 heteroatoms. The first-order valence-electron chi connectivity index (χ1n) is 7.75. The lowest BCUT2D eigenvalue weighted by atomic mass is 10.1. The average Bonchev–Trinajstić information content (AvgIpc) is 2.86. The minimum atomic E-state index is -1.05. The highest BCUT2D eigenvalue weighted by Crippen LogP contribution is 2.18. The summed E-state index contributed by atoms with van der Waals surface area (Å²) in [5.41, 5.74) is -0.193. The predicted molar refractivity (Wildman–Crippen MR) is 84.2 cm³/mol. The lowest BCUT2D eigenvalue weighted by Crippen LogP contribution is -2.48. The Morgan fingerprint density at radius 1 is 1.35 bits per heavy atom. The van der Waals surface area contributed by atoms with Crippen molar-refractivity contribution in [2.24, 2.45) is 0 Å². The first-order chi connectivity index (χ1) is 11.1. The number of rotatable bonds is 5. The van der Waals surface area contributed by atoms with Crippen molar-refractivity contribution < 1.29 is 19.1 Å². The number of β-amino-alcohol motifs (C(OH)–C–C–N with tert-alkyl or cyclic N) is 1. The van der Waals surface area contributed by atoms with Gasteiger partial charge in [-0.2, -0.15) is 0 Å². The van der Waals surface area contributed by atoms with E-state index in [4.69, 9.17) is 14.0 Å². The second-order valence-corrected chi connectivity index (χ2v) is 6.02. The number of hydrogen-bond acceptors (Lipinski definition) is 6. The van der Waals surface area contributed by atoms with Crippen LogP contribution >= 0.6 is 0 Å². The fraction of sp³-hybridized carbons (Fsp3) is 0.471. The molecule has 0 bridgehead atoms. The van der Waals surface area contributed by atoms with Crippen LogP contribution in [0.1, 0.15) is 11.5 Å². The highest BCUT2D eigenvalue weighted by molar-refractivity contribution is 5.21. The average molecular weight is 318 g/mol. The maximum atomic E-state index is 10.8. The van der Waals surface area contributed by atoms with E-state index in [0.29, 0.717) is 19.7 Å². The van der Waals surface area contributed by atoms with E-state index in [1.54, 1.807) is 0 Å². The highest BCUT2D eigenvalue weighted by atomic mass is 16.5. The van der Waals surface area contributed by atoms with Crippen LogP contribution in [0.2, 0.25) is 0 Å². The molecule has 0 radical (unpaired) electrons. The smallest absolute Gasteiger partial charge is 0.134 e. The number of benzene rings is 1. The van der Waals surface area contributed by atoms with Crippen LogP contribution in [0.3, 0.4) is 0 Å². The summed E-state index contributed by atoms with van der Waals surface area (Å²) in [6.45, 7) is 4.70. The van der Waals surface area contributed by atoms with E-state index in [0.717, 1.165) is 23.7 Å². The summed E-state index contributed by atoms with van der Waals surface area (Å²) in [5, 5.41) is 14.8. The van der Waals surface area contributed by atoms with Gasteiger partial charge in [-0.3, -0.25) is 4.90 Å². The zero-order valence-electron chi connectivity index (χ0n) is 13.3. The fourth-order valence-electron chi connectivity index (χ4n) is 2.67. The second-order valence-electron chi connectivity index (χ2n) is 6.02. The molecule has 0 amide bonds. The van der Waals surface area contributed by atoms with Gasteiger partial charge in [-0.15, -0.1) is 0 Å². The zero-order chi connectivity index (χ0) is 16.1.